The zero-order chi connectivity index (χ0) is 27.2. The largest absolute Gasteiger partial charge is 0.359 e. The molecule has 2 saturated carbocycles. The number of hydrogen-bond acceptors (Lipinski definition) is 1. The Labute approximate surface area is 241 Å². The fourth-order valence-corrected chi connectivity index (χ4v) is 7.33. The third-order valence-electron chi connectivity index (χ3n) is 9.81. The summed E-state index contributed by atoms with van der Waals surface area (Å²) in [7, 11) is 0. The van der Waals surface area contributed by atoms with Gasteiger partial charge in [-0.15, -0.1) is 0 Å². The molecule has 39 heavy (non-hydrogen) atoms. The molecule has 216 valence electrons. The van der Waals surface area contributed by atoms with Crippen molar-refractivity contribution < 1.29 is 4.74 Å². The highest BCUT2D eigenvalue weighted by Gasteiger charge is 2.45. The van der Waals surface area contributed by atoms with Gasteiger partial charge in [-0.1, -0.05) is 152 Å². The highest BCUT2D eigenvalue weighted by Crippen LogP contribution is 2.50. The van der Waals surface area contributed by atoms with E-state index in [-0.39, 0.29) is 11.2 Å². The molecule has 0 unspecified atom stereocenters. The maximum atomic E-state index is 7.61. The molecule has 0 heterocycles. The van der Waals surface area contributed by atoms with E-state index in [1.807, 2.05) is 0 Å². The Kier molecular flexibility index (Phi) is 12.5. The van der Waals surface area contributed by atoms with Crippen molar-refractivity contribution >= 4 is 0 Å². The van der Waals surface area contributed by atoms with E-state index in [2.05, 4.69) is 62.4 Å². The molecule has 0 bridgehead atoms. The van der Waals surface area contributed by atoms with Gasteiger partial charge in [0.25, 0.3) is 0 Å². The zero-order valence-corrected chi connectivity index (χ0v) is 25.6. The summed E-state index contributed by atoms with van der Waals surface area (Å²) in [6.07, 6.45) is 28.5. The first-order chi connectivity index (χ1) is 19.2. The second kappa shape index (κ2) is 16.0. The fourth-order valence-electron chi connectivity index (χ4n) is 7.33. The van der Waals surface area contributed by atoms with Crippen LogP contribution in [0.15, 0.2) is 48.5 Å². The first-order valence-corrected chi connectivity index (χ1v) is 17.1. The predicted molar refractivity (Wildman–Crippen MR) is 168 cm³/mol. The van der Waals surface area contributed by atoms with Gasteiger partial charge in [-0.25, -0.2) is 0 Å². The van der Waals surface area contributed by atoms with Crippen LogP contribution in [0.1, 0.15) is 165 Å². The molecule has 0 radical (unpaired) electrons. The summed E-state index contributed by atoms with van der Waals surface area (Å²) in [4.78, 5) is 0. The average molecular weight is 531 g/mol. The van der Waals surface area contributed by atoms with E-state index in [9.17, 15) is 0 Å². The van der Waals surface area contributed by atoms with Crippen LogP contribution < -0.4 is 0 Å². The van der Waals surface area contributed by atoms with Gasteiger partial charge in [-0.05, 0) is 73.6 Å². The number of rotatable bonds is 16. The second-order valence-electron chi connectivity index (χ2n) is 12.9. The number of unbranched alkanes of at least 4 members (excludes halogenated alkanes) is 8. The van der Waals surface area contributed by atoms with Gasteiger partial charge in [0, 0.05) is 0 Å². The Morgan fingerprint density at radius 2 is 0.821 bits per heavy atom. The van der Waals surface area contributed by atoms with Crippen molar-refractivity contribution in [3.63, 3.8) is 0 Å². The van der Waals surface area contributed by atoms with Gasteiger partial charge in [0.2, 0.25) is 0 Å². The first kappa shape index (κ1) is 30.4. The SMILES string of the molecule is CCCCCCCc1ccc(C2(OC3(c4ccc(CCCCCCC)cc4)CCCCC3)CCCCC2)cc1. The van der Waals surface area contributed by atoms with Gasteiger partial charge in [-0.2, -0.15) is 0 Å². The molecule has 0 aromatic heterocycles. The molecule has 4 rings (SSSR count). The van der Waals surface area contributed by atoms with Crippen LogP contribution in [0.5, 0.6) is 0 Å². The van der Waals surface area contributed by atoms with Crippen LogP contribution in [-0.4, -0.2) is 0 Å². The maximum Gasteiger partial charge on any atom is 0.0943 e. The van der Waals surface area contributed by atoms with E-state index >= 15 is 0 Å². The Morgan fingerprint density at radius 1 is 0.462 bits per heavy atom. The normalized spacial score (nSPS) is 18.7. The molecule has 1 heteroatoms. The lowest BCUT2D eigenvalue weighted by atomic mass is 9.75. The average Bonchev–Trinajstić information content (AvgIpc) is 2.98. The van der Waals surface area contributed by atoms with Crippen LogP contribution in [-0.2, 0) is 28.8 Å². The minimum Gasteiger partial charge on any atom is -0.359 e. The monoisotopic (exact) mass is 530 g/mol. The second-order valence-corrected chi connectivity index (χ2v) is 12.9. The summed E-state index contributed by atoms with van der Waals surface area (Å²) in [6, 6.07) is 19.4. The molecule has 0 saturated heterocycles. The molecule has 2 aromatic carbocycles. The zero-order valence-electron chi connectivity index (χ0n) is 25.6. The maximum absolute atomic E-state index is 7.61. The molecule has 2 aliphatic carbocycles. The van der Waals surface area contributed by atoms with Crippen molar-refractivity contribution in [3.05, 3.63) is 70.8 Å². The van der Waals surface area contributed by atoms with Crippen LogP contribution in [0, 0.1) is 0 Å². The van der Waals surface area contributed by atoms with E-state index < -0.39 is 0 Å². The lowest BCUT2D eigenvalue weighted by molar-refractivity contribution is -0.197. The lowest BCUT2D eigenvalue weighted by Crippen LogP contribution is -2.43. The molecule has 1 nitrogen and oxygen atoms in total. The van der Waals surface area contributed by atoms with Gasteiger partial charge < -0.3 is 4.74 Å². The Bertz CT molecular complexity index is 835. The van der Waals surface area contributed by atoms with Crippen molar-refractivity contribution in [2.45, 2.75) is 166 Å². The number of benzene rings is 2. The Balaban J connectivity index is 1.48. The molecule has 0 amide bonds. The lowest BCUT2D eigenvalue weighted by Gasteiger charge is -2.48. The summed E-state index contributed by atoms with van der Waals surface area (Å²) in [5.74, 6) is 0. The van der Waals surface area contributed by atoms with Crippen LogP contribution in [0.3, 0.4) is 0 Å². The highest BCUT2D eigenvalue weighted by atomic mass is 16.5. The van der Waals surface area contributed by atoms with Crippen molar-refractivity contribution in [2.24, 2.45) is 0 Å². The van der Waals surface area contributed by atoms with Gasteiger partial charge in [0.05, 0.1) is 11.2 Å². The quantitative estimate of drug-likeness (QED) is 0.196. The summed E-state index contributed by atoms with van der Waals surface area (Å²) in [5.41, 5.74) is 5.61. The smallest absolute Gasteiger partial charge is 0.0943 e. The fraction of sp³-hybridized carbons (Fsp3) is 0.684. The molecule has 0 aliphatic heterocycles. The van der Waals surface area contributed by atoms with E-state index in [0.29, 0.717) is 0 Å². The van der Waals surface area contributed by atoms with E-state index in [4.69, 9.17) is 4.74 Å². The molecule has 2 aromatic rings. The standard InChI is InChI=1S/C38H58O/c1-3-5-7-9-13-19-33-21-25-35(26-22-33)37(29-15-11-16-30-37)39-38(31-17-12-18-32-38)36-27-23-34(24-28-36)20-14-10-8-6-4-2/h21-28H,3-20,29-32H2,1-2H3. The number of hydrogen-bond donors (Lipinski definition) is 0. The topological polar surface area (TPSA) is 9.23 Å². The van der Waals surface area contributed by atoms with Gasteiger partial charge in [0.15, 0.2) is 0 Å². The molecule has 0 atom stereocenters. The van der Waals surface area contributed by atoms with Gasteiger partial charge >= 0.3 is 0 Å². The van der Waals surface area contributed by atoms with Crippen molar-refractivity contribution in [1.29, 1.82) is 0 Å². The van der Waals surface area contributed by atoms with Crippen LogP contribution in [0.4, 0.5) is 0 Å². The van der Waals surface area contributed by atoms with Crippen LogP contribution >= 0.6 is 0 Å². The summed E-state index contributed by atoms with van der Waals surface area (Å²) >= 11 is 0. The Morgan fingerprint density at radius 3 is 1.18 bits per heavy atom. The molecule has 2 fully saturated rings. The van der Waals surface area contributed by atoms with Gasteiger partial charge in [0.1, 0.15) is 0 Å². The van der Waals surface area contributed by atoms with Crippen molar-refractivity contribution in [2.75, 3.05) is 0 Å². The van der Waals surface area contributed by atoms with E-state index in [1.165, 1.54) is 164 Å². The molecule has 2 aliphatic rings. The summed E-state index contributed by atoms with van der Waals surface area (Å²) in [6.45, 7) is 4.59. The van der Waals surface area contributed by atoms with Crippen LogP contribution in [0.2, 0.25) is 0 Å². The third kappa shape index (κ3) is 8.69. The predicted octanol–water partition coefficient (Wildman–Crippen LogP) is 11.7. The molecular weight excluding hydrogens is 472 g/mol. The van der Waals surface area contributed by atoms with E-state index in [1.54, 1.807) is 0 Å². The first-order valence-electron chi connectivity index (χ1n) is 17.1. The Hall–Kier alpha value is -1.60. The van der Waals surface area contributed by atoms with Crippen molar-refractivity contribution in [3.8, 4) is 0 Å². The number of aryl methyl sites for hydroxylation is 2. The third-order valence-corrected chi connectivity index (χ3v) is 9.81. The van der Waals surface area contributed by atoms with Crippen molar-refractivity contribution in [1.82, 2.24) is 0 Å². The summed E-state index contributed by atoms with van der Waals surface area (Å²) < 4.78 is 7.61. The van der Waals surface area contributed by atoms with Gasteiger partial charge in [-0.3, -0.25) is 0 Å². The number of ether oxygens (including phenoxy) is 1. The summed E-state index contributed by atoms with van der Waals surface area (Å²) in [5, 5.41) is 0. The minimum absolute atomic E-state index is 0.132. The minimum atomic E-state index is -0.132. The molecular formula is C38H58O. The van der Waals surface area contributed by atoms with Crippen LogP contribution in [0.25, 0.3) is 0 Å². The molecule has 0 spiro atoms. The highest BCUT2D eigenvalue weighted by molar-refractivity contribution is 5.31. The molecule has 0 N–H and O–H groups in total. The van der Waals surface area contributed by atoms with E-state index in [0.717, 1.165) is 0 Å².